The lowest BCUT2D eigenvalue weighted by Crippen LogP contribution is -2.43. The Hall–Kier alpha value is -2.20. The monoisotopic (exact) mass is 340 g/mol. The predicted molar refractivity (Wildman–Crippen MR) is 97.4 cm³/mol. The summed E-state index contributed by atoms with van der Waals surface area (Å²) in [6.07, 6.45) is 1.96. The molecule has 0 saturated carbocycles. The molecule has 3 rings (SSSR count). The van der Waals surface area contributed by atoms with Crippen molar-refractivity contribution in [2.45, 2.75) is 32.4 Å². The molecule has 2 atom stereocenters. The largest absolute Gasteiger partial charge is 0.349 e. The Morgan fingerprint density at radius 3 is 2.64 bits per heavy atom. The first-order chi connectivity index (χ1) is 12.1. The average molecular weight is 340 g/mol. The first-order valence-electron chi connectivity index (χ1n) is 8.94. The molecule has 2 aromatic rings. The molecule has 0 spiro atoms. The van der Waals surface area contributed by atoms with E-state index < -0.39 is 0 Å². The van der Waals surface area contributed by atoms with E-state index in [1.54, 1.807) is 12.1 Å². The van der Waals surface area contributed by atoms with Gasteiger partial charge in [0.1, 0.15) is 5.82 Å². The molecule has 0 bridgehead atoms. The minimum Gasteiger partial charge on any atom is -0.349 e. The minimum absolute atomic E-state index is 0.0142. The van der Waals surface area contributed by atoms with Gasteiger partial charge >= 0.3 is 0 Å². The summed E-state index contributed by atoms with van der Waals surface area (Å²) >= 11 is 0. The number of hydrogen-bond acceptors (Lipinski definition) is 2. The van der Waals surface area contributed by atoms with Crippen LogP contribution in [0.5, 0.6) is 0 Å². The quantitative estimate of drug-likeness (QED) is 0.895. The summed E-state index contributed by atoms with van der Waals surface area (Å²) < 4.78 is 13.0. The van der Waals surface area contributed by atoms with Gasteiger partial charge in [-0.1, -0.05) is 42.5 Å². The molecule has 4 heteroatoms. The van der Waals surface area contributed by atoms with Gasteiger partial charge in [-0.2, -0.15) is 0 Å². The molecule has 25 heavy (non-hydrogen) atoms. The van der Waals surface area contributed by atoms with Crippen LogP contribution in [0.1, 0.15) is 36.9 Å². The van der Waals surface area contributed by atoms with Gasteiger partial charge in [0.2, 0.25) is 5.91 Å². The zero-order valence-corrected chi connectivity index (χ0v) is 14.6. The van der Waals surface area contributed by atoms with E-state index in [0.717, 1.165) is 38.0 Å². The number of likely N-dealkylation sites (tertiary alicyclic amines) is 1. The van der Waals surface area contributed by atoms with Gasteiger partial charge in [-0.05, 0) is 49.6 Å². The molecule has 1 N–H and O–H groups in total. The number of nitrogens with zero attached hydrogens (tertiary/aromatic N) is 1. The summed E-state index contributed by atoms with van der Waals surface area (Å²) in [6, 6.07) is 16.6. The lowest BCUT2D eigenvalue weighted by molar-refractivity contribution is -0.127. The Kier molecular flexibility index (Phi) is 5.82. The van der Waals surface area contributed by atoms with E-state index in [-0.39, 0.29) is 23.7 Å². The maximum Gasteiger partial charge on any atom is 0.224 e. The molecule has 1 fully saturated rings. The fourth-order valence-electron chi connectivity index (χ4n) is 3.42. The second-order valence-corrected chi connectivity index (χ2v) is 6.84. The van der Waals surface area contributed by atoms with E-state index in [1.165, 1.54) is 17.7 Å². The van der Waals surface area contributed by atoms with Crippen molar-refractivity contribution in [3.63, 3.8) is 0 Å². The third-order valence-electron chi connectivity index (χ3n) is 4.85. The highest BCUT2D eigenvalue weighted by Crippen LogP contribution is 2.20. The Balaban J connectivity index is 1.55. The van der Waals surface area contributed by atoms with Crippen molar-refractivity contribution in [1.29, 1.82) is 0 Å². The second kappa shape index (κ2) is 8.26. The second-order valence-electron chi connectivity index (χ2n) is 6.84. The topological polar surface area (TPSA) is 32.3 Å². The van der Waals surface area contributed by atoms with Crippen molar-refractivity contribution in [3.05, 3.63) is 71.5 Å². The summed E-state index contributed by atoms with van der Waals surface area (Å²) in [5, 5.41) is 3.08. The van der Waals surface area contributed by atoms with Crippen molar-refractivity contribution in [2.24, 2.45) is 5.92 Å². The van der Waals surface area contributed by atoms with Gasteiger partial charge < -0.3 is 5.32 Å². The number of hydrogen-bond donors (Lipinski definition) is 1. The molecule has 1 saturated heterocycles. The van der Waals surface area contributed by atoms with Gasteiger partial charge in [-0.15, -0.1) is 0 Å². The highest BCUT2D eigenvalue weighted by atomic mass is 19.1. The van der Waals surface area contributed by atoms with Crippen LogP contribution in [0.25, 0.3) is 0 Å². The lowest BCUT2D eigenvalue weighted by Gasteiger charge is -2.32. The molecule has 1 heterocycles. The first-order valence-corrected chi connectivity index (χ1v) is 8.94. The van der Waals surface area contributed by atoms with E-state index in [2.05, 4.69) is 22.3 Å². The van der Waals surface area contributed by atoms with Crippen LogP contribution in [0.15, 0.2) is 54.6 Å². The smallest absolute Gasteiger partial charge is 0.224 e. The van der Waals surface area contributed by atoms with Crippen molar-refractivity contribution < 1.29 is 9.18 Å². The molecule has 0 unspecified atom stereocenters. The summed E-state index contributed by atoms with van der Waals surface area (Å²) in [6.45, 7) is 4.65. The lowest BCUT2D eigenvalue weighted by atomic mass is 9.96. The van der Waals surface area contributed by atoms with Crippen molar-refractivity contribution in [2.75, 3.05) is 13.1 Å². The van der Waals surface area contributed by atoms with Crippen molar-refractivity contribution in [1.82, 2.24) is 10.2 Å². The highest BCUT2D eigenvalue weighted by Gasteiger charge is 2.26. The molecule has 3 nitrogen and oxygen atoms in total. The fraction of sp³-hybridized carbons (Fsp3) is 0.381. The number of amides is 1. The van der Waals surface area contributed by atoms with Gasteiger partial charge in [0.15, 0.2) is 0 Å². The van der Waals surface area contributed by atoms with Crippen LogP contribution in [0, 0.1) is 11.7 Å². The van der Waals surface area contributed by atoms with E-state index in [9.17, 15) is 9.18 Å². The van der Waals surface area contributed by atoms with Crippen LogP contribution in [-0.2, 0) is 11.3 Å². The number of benzene rings is 2. The Labute approximate surface area is 148 Å². The van der Waals surface area contributed by atoms with Gasteiger partial charge in [0.05, 0.1) is 12.0 Å². The Morgan fingerprint density at radius 1 is 1.20 bits per heavy atom. The van der Waals surface area contributed by atoms with E-state index >= 15 is 0 Å². The van der Waals surface area contributed by atoms with Crippen LogP contribution in [0.2, 0.25) is 0 Å². The van der Waals surface area contributed by atoms with Crippen molar-refractivity contribution in [3.8, 4) is 0 Å². The average Bonchev–Trinajstić information content (AvgIpc) is 2.63. The van der Waals surface area contributed by atoms with Gasteiger partial charge in [-0.3, -0.25) is 9.69 Å². The number of piperidine rings is 1. The molecule has 132 valence electrons. The summed E-state index contributed by atoms with van der Waals surface area (Å²) in [7, 11) is 0. The van der Waals surface area contributed by atoms with E-state index in [0.29, 0.717) is 0 Å². The molecule has 1 amide bonds. The van der Waals surface area contributed by atoms with Gasteiger partial charge in [0.25, 0.3) is 0 Å². The number of carbonyl (C=O) groups is 1. The maximum absolute atomic E-state index is 13.0. The molecule has 2 aromatic carbocycles. The van der Waals surface area contributed by atoms with Crippen LogP contribution in [0.4, 0.5) is 4.39 Å². The number of nitrogens with one attached hydrogen (secondary N) is 1. The molecular weight excluding hydrogens is 315 g/mol. The standard InChI is InChI=1S/C21H25FN2O/c1-16(18-9-11-20(22)12-10-18)23-21(25)19-8-5-13-24(15-19)14-17-6-3-2-4-7-17/h2-4,6-7,9-12,16,19H,5,8,13-15H2,1H3,(H,23,25)/t16-,19-/m1/s1. The third kappa shape index (κ3) is 4.89. The maximum atomic E-state index is 13.0. The van der Waals surface area contributed by atoms with Crippen molar-refractivity contribution >= 4 is 5.91 Å². The normalized spacial score (nSPS) is 19.4. The van der Waals surface area contributed by atoms with Crippen LogP contribution in [-0.4, -0.2) is 23.9 Å². The Morgan fingerprint density at radius 2 is 1.92 bits per heavy atom. The molecule has 0 aliphatic carbocycles. The molecular formula is C21H25FN2O. The van der Waals surface area contributed by atoms with Gasteiger partial charge in [0, 0.05) is 13.1 Å². The zero-order valence-electron chi connectivity index (χ0n) is 14.6. The number of halogens is 1. The molecule has 0 aromatic heterocycles. The predicted octanol–water partition coefficient (Wildman–Crippen LogP) is 3.92. The summed E-state index contributed by atoms with van der Waals surface area (Å²) in [5.41, 5.74) is 2.20. The minimum atomic E-state index is -0.258. The molecule has 0 radical (unpaired) electrons. The third-order valence-corrected chi connectivity index (χ3v) is 4.85. The van der Waals surface area contributed by atoms with Crippen LogP contribution >= 0.6 is 0 Å². The van der Waals surface area contributed by atoms with Gasteiger partial charge in [-0.25, -0.2) is 4.39 Å². The zero-order chi connectivity index (χ0) is 17.6. The first kappa shape index (κ1) is 17.6. The van der Waals surface area contributed by atoms with E-state index in [1.807, 2.05) is 25.1 Å². The highest BCUT2D eigenvalue weighted by molar-refractivity contribution is 5.79. The molecule has 1 aliphatic heterocycles. The van der Waals surface area contributed by atoms with Crippen LogP contribution in [0.3, 0.4) is 0 Å². The Bertz CT molecular complexity index is 687. The molecule has 1 aliphatic rings. The van der Waals surface area contributed by atoms with Crippen LogP contribution < -0.4 is 5.32 Å². The number of carbonyl (C=O) groups excluding carboxylic acids is 1. The summed E-state index contributed by atoms with van der Waals surface area (Å²) in [4.78, 5) is 15.0. The fourth-order valence-corrected chi connectivity index (χ4v) is 3.42. The van der Waals surface area contributed by atoms with E-state index in [4.69, 9.17) is 0 Å². The summed E-state index contributed by atoms with van der Waals surface area (Å²) in [5.74, 6) is -0.152. The SMILES string of the molecule is C[C@@H](NC(=O)[C@@H]1CCCN(Cc2ccccc2)C1)c1ccc(F)cc1. The number of rotatable bonds is 5.